The molecule has 0 bridgehead atoms. The Bertz CT molecular complexity index is 508. The Kier molecular flexibility index (Phi) is 3.28. The van der Waals surface area contributed by atoms with Crippen molar-refractivity contribution < 1.29 is 13.2 Å². The SMILES string of the molecule is Nc1cc(F)ccc1Sc1ccc(F)cc1F. The van der Waals surface area contributed by atoms with Gasteiger partial charge in [0.2, 0.25) is 0 Å². The van der Waals surface area contributed by atoms with Crippen molar-refractivity contribution in [3.05, 3.63) is 53.8 Å². The van der Waals surface area contributed by atoms with Crippen LogP contribution in [0.5, 0.6) is 0 Å². The number of nitrogen functional groups attached to an aromatic ring is 1. The van der Waals surface area contributed by atoms with Gasteiger partial charge in [-0.2, -0.15) is 0 Å². The summed E-state index contributed by atoms with van der Waals surface area (Å²) < 4.78 is 38.9. The van der Waals surface area contributed by atoms with Crippen molar-refractivity contribution in [1.82, 2.24) is 0 Å². The number of halogens is 3. The molecule has 0 fully saturated rings. The highest BCUT2D eigenvalue weighted by atomic mass is 32.2. The van der Waals surface area contributed by atoms with E-state index in [2.05, 4.69) is 0 Å². The minimum atomic E-state index is -0.668. The largest absolute Gasteiger partial charge is 0.398 e. The average Bonchev–Trinajstić information content (AvgIpc) is 2.25. The highest BCUT2D eigenvalue weighted by Crippen LogP contribution is 2.33. The third-order valence-corrected chi connectivity index (χ3v) is 3.23. The molecule has 2 aromatic rings. The molecule has 0 saturated heterocycles. The summed E-state index contributed by atoms with van der Waals surface area (Å²) in [4.78, 5) is 0.765. The number of hydrogen-bond acceptors (Lipinski definition) is 2. The molecule has 0 aromatic heterocycles. The van der Waals surface area contributed by atoms with Gasteiger partial charge in [-0.1, -0.05) is 11.8 Å². The Morgan fingerprint density at radius 2 is 1.41 bits per heavy atom. The zero-order chi connectivity index (χ0) is 12.4. The van der Waals surface area contributed by atoms with E-state index < -0.39 is 17.5 Å². The van der Waals surface area contributed by atoms with E-state index in [4.69, 9.17) is 5.73 Å². The lowest BCUT2D eigenvalue weighted by Gasteiger charge is -2.06. The van der Waals surface area contributed by atoms with Gasteiger partial charge in [0.05, 0.1) is 0 Å². The third kappa shape index (κ3) is 2.74. The van der Waals surface area contributed by atoms with Crippen molar-refractivity contribution in [2.45, 2.75) is 9.79 Å². The van der Waals surface area contributed by atoms with Crippen LogP contribution < -0.4 is 5.73 Å². The lowest BCUT2D eigenvalue weighted by Crippen LogP contribution is -1.90. The Labute approximate surface area is 100 Å². The highest BCUT2D eigenvalue weighted by molar-refractivity contribution is 7.99. The third-order valence-electron chi connectivity index (χ3n) is 2.09. The Balaban J connectivity index is 2.31. The van der Waals surface area contributed by atoms with Gasteiger partial charge in [0, 0.05) is 21.5 Å². The minimum Gasteiger partial charge on any atom is -0.398 e. The summed E-state index contributed by atoms with van der Waals surface area (Å²) in [6, 6.07) is 7.12. The molecule has 17 heavy (non-hydrogen) atoms. The molecule has 0 amide bonds. The fourth-order valence-corrected chi connectivity index (χ4v) is 2.13. The lowest BCUT2D eigenvalue weighted by molar-refractivity contribution is 0.566. The second-order valence-corrected chi connectivity index (χ2v) is 4.44. The van der Waals surface area contributed by atoms with Gasteiger partial charge in [0.15, 0.2) is 0 Å². The Hall–Kier alpha value is -1.62. The van der Waals surface area contributed by atoms with Gasteiger partial charge < -0.3 is 5.73 Å². The van der Waals surface area contributed by atoms with Crippen LogP contribution in [0.4, 0.5) is 18.9 Å². The van der Waals surface area contributed by atoms with Crippen LogP contribution in [0.15, 0.2) is 46.2 Å². The molecule has 0 spiro atoms. The predicted octanol–water partition coefficient (Wildman–Crippen LogP) is 3.84. The van der Waals surface area contributed by atoms with Crippen LogP contribution in [0.25, 0.3) is 0 Å². The Morgan fingerprint density at radius 3 is 2.00 bits per heavy atom. The summed E-state index contributed by atoms with van der Waals surface area (Å²) in [6.45, 7) is 0. The first-order chi connectivity index (χ1) is 8.06. The van der Waals surface area contributed by atoms with Crippen molar-refractivity contribution in [3.8, 4) is 0 Å². The van der Waals surface area contributed by atoms with Crippen molar-refractivity contribution in [2.75, 3.05) is 5.73 Å². The van der Waals surface area contributed by atoms with E-state index in [-0.39, 0.29) is 10.6 Å². The van der Waals surface area contributed by atoms with E-state index in [1.807, 2.05) is 0 Å². The zero-order valence-electron chi connectivity index (χ0n) is 8.58. The zero-order valence-corrected chi connectivity index (χ0v) is 9.40. The summed E-state index contributed by atoms with van der Waals surface area (Å²) >= 11 is 1.02. The molecule has 0 aliphatic heterocycles. The van der Waals surface area contributed by atoms with E-state index in [0.717, 1.165) is 30.0 Å². The van der Waals surface area contributed by atoms with E-state index >= 15 is 0 Å². The molecular weight excluding hydrogens is 247 g/mol. The fourth-order valence-electron chi connectivity index (χ4n) is 1.29. The van der Waals surface area contributed by atoms with Crippen molar-refractivity contribution in [2.24, 2.45) is 0 Å². The van der Waals surface area contributed by atoms with Crippen molar-refractivity contribution in [3.63, 3.8) is 0 Å². The topological polar surface area (TPSA) is 26.0 Å². The summed E-state index contributed by atoms with van der Waals surface area (Å²) in [7, 11) is 0. The predicted molar refractivity (Wildman–Crippen MR) is 61.3 cm³/mol. The molecule has 0 aliphatic rings. The van der Waals surface area contributed by atoms with Crippen LogP contribution in [-0.2, 0) is 0 Å². The second kappa shape index (κ2) is 4.71. The van der Waals surface area contributed by atoms with Crippen LogP contribution in [0.1, 0.15) is 0 Å². The van der Waals surface area contributed by atoms with Gasteiger partial charge in [-0.25, -0.2) is 13.2 Å². The highest BCUT2D eigenvalue weighted by Gasteiger charge is 2.08. The standard InChI is InChI=1S/C12H8F3NS/c13-7-1-3-11(9(15)5-7)17-12-4-2-8(14)6-10(12)16/h1-6H,16H2. The number of rotatable bonds is 2. The van der Waals surface area contributed by atoms with E-state index in [1.165, 1.54) is 18.2 Å². The Morgan fingerprint density at radius 1 is 0.824 bits per heavy atom. The van der Waals surface area contributed by atoms with Crippen LogP contribution >= 0.6 is 11.8 Å². The average molecular weight is 255 g/mol. The molecular formula is C12H8F3NS. The molecule has 0 aliphatic carbocycles. The quantitative estimate of drug-likeness (QED) is 0.825. The van der Waals surface area contributed by atoms with Crippen molar-refractivity contribution >= 4 is 17.4 Å². The second-order valence-electron chi connectivity index (χ2n) is 3.36. The molecule has 0 unspecified atom stereocenters. The van der Waals surface area contributed by atoms with Gasteiger partial charge in [-0.3, -0.25) is 0 Å². The van der Waals surface area contributed by atoms with Crippen LogP contribution in [0.2, 0.25) is 0 Å². The first kappa shape index (κ1) is 11.9. The number of hydrogen-bond donors (Lipinski definition) is 1. The maximum absolute atomic E-state index is 13.4. The summed E-state index contributed by atoms with van der Waals surface area (Å²) in [5, 5.41) is 0. The smallest absolute Gasteiger partial charge is 0.140 e. The van der Waals surface area contributed by atoms with E-state index in [0.29, 0.717) is 4.90 Å². The first-order valence-electron chi connectivity index (χ1n) is 4.74. The molecule has 2 N–H and O–H groups in total. The minimum absolute atomic E-state index is 0.221. The first-order valence-corrected chi connectivity index (χ1v) is 5.56. The molecule has 5 heteroatoms. The fraction of sp³-hybridized carbons (Fsp3) is 0. The van der Waals surface area contributed by atoms with E-state index in [9.17, 15) is 13.2 Å². The normalized spacial score (nSPS) is 10.5. The summed E-state index contributed by atoms with van der Waals surface area (Å²) in [5.41, 5.74) is 5.81. The van der Waals surface area contributed by atoms with Crippen LogP contribution in [-0.4, -0.2) is 0 Å². The van der Waals surface area contributed by atoms with Crippen molar-refractivity contribution in [1.29, 1.82) is 0 Å². The van der Waals surface area contributed by atoms with Gasteiger partial charge in [0.25, 0.3) is 0 Å². The van der Waals surface area contributed by atoms with Gasteiger partial charge in [-0.15, -0.1) is 0 Å². The van der Waals surface area contributed by atoms with Gasteiger partial charge in [-0.05, 0) is 30.3 Å². The van der Waals surface area contributed by atoms with Gasteiger partial charge >= 0.3 is 0 Å². The maximum Gasteiger partial charge on any atom is 0.140 e. The summed E-state index contributed by atoms with van der Waals surface area (Å²) in [5.74, 6) is -1.76. The molecule has 2 rings (SSSR count). The number of nitrogens with two attached hydrogens (primary N) is 1. The van der Waals surface area contributed by atoms with Crippen LogP contribution in [0, 0.1) is 17.5 Å². The number of anilines is 1. The molecule has 0 radical (unpaired) electrons. The molecule has 0 atom stereocenters. The summed E-state index contributed by atoms with van der Waals surface area (Å²) in [6.07, 6.45) is 0. The lowest BCUT2D eigenvalue weighted by atomic mass is 10.3. The molecule has 0 saturated carbocycles. The monoisotopic (exact) mass is 255 g/mol. The van der Waals surface area contributed by atoms with Crippen LogP contribution in [0.3, 0.4) is 0 Å². The molecule has 2 aromatic carbocycles. The van der Waals surface area contributed by atoms with Gasteiger partial charge in [0.1, 0.15) is 17.5 Å². The molecule has 1 nitrogen and oxygen atoms in total. The molecule has 0 heterocycles. The molecule has 88 valence electrons. The number of benzene rings is 2. The maximum atomic E-state index is 13.4. The van der Waals surface area contributed by atoms with E-state index in [1.54, 1.807) is 0 Å².